The van der Waals surface area contributed by atoms with E-state index < -0.39 is 0 Å². The molecule has 1 heterocycles. The van der Waals surface area contributed by atoms with Gasteiger partial charge >= 0.3 is 0 Å². The van der Waals surface area contributed by atoms with E-state index in [2.05, 4.69) is 81.0 Å². The van der Waals surface area contributed by atoms with Crippen LogP contribution in [0.5, 0.6) is 0 Å². The molecular formula is C19H38OS. The van der Waals surface area contributed by atoms with Gasteiger partial charge in [-0.1, -0.05) is 55.4 Å². The van der Waals surface area contributed by atoms with Crippen LogP contribution in [0.1, 0.15) is 82.1 Å². The summed E-state index contributed by atoms with van der Waals surface area (Å²) in [4.78, 5) is 0. The van der Waals surface area contributed by atoms with Crippen LogP contribution in [0.4, 0.5) is 0 Å². The Morgan fingerprint density at radius 3 is 1.86 bits per heavy atom. The Morgan fingerprint density at radius 1 is 0.905 bits per heavy atom. The molecule has 0 saturated carbocycles. The SMILES string of the molecule is CC1CC(C)(C)C(SC(C)(C)C)C(C)(C)CC(C)C(C)O1. The van der Waals surface area contributed by atoms with Gasteiger partial charge in [0.2, 0.25) is 0 Å². The lowest BCUT2D eigenvalue weighted by atomic mass is 9.68. The van der Waals surface area contributed by atoms with Crippen molar-refractivity contribution in [2.75, 3.05) is 0 Å². The van der Waals surface area contributed by atoms with Crippen molar-refractivity contribution in [1.29, 1.82) is 0 Å². The normalized spacial score (nSPS) is 37.4. The number of thioether (sulfide) groups is 1. The summed E-state index contributed by atoms with van der Waals surface area (Å²) >= 11 is 2.17. The minimum absolute atomic E-state index is 0.282. The van der Waals surface area contributed by atoms with Crippen LogP contribution in [0.2, 0.25) is 0 Å². The van der Waals surface area contributed by atoms with Crippen LogP contribution in [-0.2, 0) is 4.74 Å². The lowest BCUT2D eigenvalue weighted by Crippen LogP contribution is -2.43. The number of hydrogen-bond acceptors (Lipinski definition) is 2. The van der Waals surface area contributed by atoms with Gasteiger partial charge in [0.15, 0.2) is 0 Å². The van der Waals surface area contributed by atoms with Crippen molar-refractivity contribution in [3.8, 4) is 0 Å². The molecule has 4 atom stereocenters. The number of hydrogen-bond donors (Lipinski definition) is 0. The minimum Gasteiger partial charge on any atom is -0.375 e. The Hall–Kier alpha value is 0.310. The molecule has 0 aromatic rings. The molecule has 0 aliphatic carbocycles. The fraction of sp³-hybridized carbons (Fsp3) is 1.00. The Balaban J connectivity index is 3.18. The molecular weight excluding hydrogens is 276 g/mol. The maximum absolute atomic E-state index is 6.28. The minimum atomic E-state index is 0.282. The molecule has 0 N–H and O–H groups in total. The van der Waals surface area contributed by atoms with Crippen LogP contribution in [0, 0.1) is 16.7 Å². The summed E-state index contributed by atoms with van der Waals surface area (Å²) in [5.74, 6) is 0.611. The van der Waals surface area contributed by atoms with Crippen molar-refractivity contribution in [2.24, 2.45) is 16.7 Å². The van der Waals surface area contributed by atoms with Crippen molar-refractivity contribution in [3.63, 3.8) is 0 Å². The average Bonchev–Trinajstić information content (AvgIpc) is 2.23. The quantitative estimate of drug-likeness (QED) is 0.573. The average molecular weight is 315 g/mol. The Morgan fingerprint density at radius 2 is 1.38 bits per heavy atom. The zero-order chi connectivity index (χ0) is 16.6. The third-order valence-corrected chi connectivity index (χ3v) is 7.02. The van der Waals surface area contributed by atoms with Gasteiger partial charge in [-0.3, -0.25) is 0 Å². The predicted octanol–water partition coefficient (Wildman–Crippen LogP) is 6.16. The van der Waals surface area contributed by atoms with Gasteiger partial charge in [-0.2, -0.15) is 11.8 Å². The second kappa shape index (κ2) is 6.43. The van der Waals surface area contributed by atoms with E-state index in [1.54, 1.807) is 0 Å². The highest BCUT2D eigenvalue weighted by Crippen LogP contribution is 2.52. The summed E-state index contributed by atoms with van der Waals surface area (Å²) in [6.07, 6.45) is 3.07. The first-order chi connectivity index (χ1) is 9.24. The Kier molecular flexibility index (Phi) is 5.93. The van der Waals surface area contributed by atoms with Gasteiger partial charge in [-0.05, 0) is 43.4 Å². The highest BCUT2D eigenvalue weighted by molar-refractivity contribution is 8.01. The van der Waals surface area contributed by atoms with Crippen LogP contribution in [-0.4, -0.2) is 22.2 Å². The molecule has 0 aromatic carbocycles. The first-order valence-corrected chi connectivity index (χ1v) is 9.46. The van der Waals surface area contributed by atoms with Gasteiger partial charge in [-0.15, -0.1) is 0 Å². The van der Waals surface area contributed by atoms with E-state index in [-0.39, 0.29) is 5.41 Å². The third kappa shape index (κ3) is 5.46. The monoisotopic (exact) mass is 314 g/mol. The van der Waals surface area contributed by atoms with Crippen LogP contribution in [0.3, 0.4) is 0 Å². The Bertz CT molecular complexity index is 340. The van der Waals surface area contributed by atoms with Crippen molar-refractivity contribution < 1.29 is 4.74 Å². The van der Waals surface area contributed by atoms with Crippen molar-refractivity contribution in [3.05, 3.63) is 0 Å². The fourth-order valence-electron chi connectivity index (χ4n) is 4.23. The van der Waals surface area contributed by atoms with E-state index in [9.17, 15) is 0 Å². The molecule has 21 heavy (non-hydrogen) atoms. The van der Waals surface area contributed by atoms with E-state index in [0.717, 1.165) is 6.42 Å². The molecule has 1 fully saturated rings. The number of ether oxygens (including phenoxy) is 1. The summed E-state index contributed by atoms with van der Waals surface area (Å²) in [6.45, 7) is 23.7. The second-order valence-corrected chi connectivity index (χ2v) is 11.6. The standard InChI is InChI=1S/C19H38OS/c1-13-11-18(7,8)16(21-17(4,5)6)19(9,10)12-14(2)20-15(13)3/h13-16H,11-12H2,1-10H3. The fourth-order valence-corrected chi connectivity index (χ4v) is 5.77. The maximum atomic E-state index is 6.28. The molecule has 0 aromatic heterocycles. The van der Waals surface area contributed by atoms with Crippen LogP contribution in [0.25, 0.3) is 0 Å². The molecule has 1 aliphatic rings. The summed E-state index contributed by atoms with van der Waals surface area (Å²) in [5, 5.41) is 0.642. The third-order valence-electron chi connectivity index (χ3n) is 4.80. The van der Waals surface area contributed by atoms with E-state index in [1.165, 1.54) is 6.42 Å². The van der Waals surface area contributed by atoms with Crippen LogP contribution in [0.15, 0.2) is 0 Å². The first kappa shape index (κ1) is 19.4. The van der Waals surface area contributed by atoms with Gasteiger partial charge in [0.25, 0.3) is 0 Å². The summed E-state index contributed by atoms with van der Waals surface area (Å²) in [6, 6.07) is 0. The van der Waals surface area contributed by atoms with E-state index >= 15 is 0 Å². The Labute approximate surface area is 138 Å². The van der Waals surface area contributed by atoms with Crippen LogP contribution < -0.4 is 0 Å². The van der Waals surface area contributed by atoms with Crippen molar-refractivity contribution in [2.45, 2.75) is 104 Å². The lowest BCUT2D eigenvalue weighted by molar-refractivity contribution is -0.0334. The number of rotatable bonds is 1. The second-order valence-electron chi connectivity index (χ2n) is 9.62. The van der Waals surface area contributed by atoms with Gasteiger partial charge in [0.1, 0.15) is 0 Å². The van der Waals surface area contributed by atoms with Gasteiger partial charge in [0.05, 0.1) is 12.2 Å². The zero-order valence-corrected chi connectivity index (χ0v) is 16.9. The molecule has 2 heteroatoms. The lowest BCUT2D eigenvalue weighted by Gasteiger charge is -2.47. The van der Waals surface area contributed by atoms with Gasteiger partial charge in [-0.25, -0.2) is 0 Å². The molecule has 0 amide bonds. The molecule has 0 bridgehead atoms. The molecule has 1 aliphatic heterocycles. The predicted molar refractivity (Wildman–Crippen MR) is 97.1 cm³/mol. The highest BCUT2D eigenvalue weighted by Gasteiger charge is 2.45. The van der Waals surface area contributed by atoms with Gasteiger partial charge in [0, 0.05) is 10.00 Å². The van der Waals surface area contributed by atoms with Crippen molar-refractivity contribution >= 4 is 11.8 Å². The summed E-state index contributed by atoms with van der Waals surface area (Å²) in [7, 11) is 0. The smallest absolute Gasteiger partial charge is 0.0576 e. The molecule has 1 rings (SSSR count). The maximum Gasteiger partial charge on any atom is 0.0576 e. The van der Waals surface area contributed by atoms with Gasteiger partial charge < -0.3 is 4.74 Å². The molecule has 0 spiro atoms. The zero-order valence-electron chi connectivity index (χ0n) is 16.0. The molecule has 0 radical (unpaired) electrons. The molecule has 126 valence electrons. The highest BCUT2D eigenvalue weighted by atomic mass is 32.2. The largest absolute Gasteiger partial charge is 0.375 e. The first-order valence-electron chi connectivity index (χ1n) is 8.58. The molecule has 4 unspecified atom stereocenters. The van der Waals surface area contributed by atoms with E-state index in [0.29, 0.717) is 33.5 Å². The molecule has 1 nitrogen and oxygen atoms in total. The van der Waals surface area contributed by atoms with Crippen LogP contribution >= 0.6 is 11.8 Å². The van der Waals surface area contributed by atoms with E-state index in [4.69, 9.17) is 4.74 Å². The van der Waals surface area contributed by atoms with Crippen molar-refractivity contribution in [1.82, 2.24) is 0 Å². The molecule has 1 saturated heterocycles. The summed E-state index contributed by atoms with van der Waals surface area (Å²) < 4.78 is 6.58. The topological polar surface area (TPSA) is 9.23 Å². The van der Waals surface area contributed by atoms with E-state index in [1.807, 2.05) is 0 Å². The summed E-state index contributed by atoms with van der Waals surface area (Å²) in [5.41, 5.74) is 0.604.